The lowest BCUT2D eigenvalue weighted by molar-refractivity contribution is 0.299. The number of hydrogen-bond donors (Lipinski definition) is 1. The van der Waals surface area contributed by atoms with Crippen molar-refractivity contribution >= 4 is 19.6 Å². The maximum absolute atomic E-state index is 11.0. The Bertz CT molecular complexity index is 313. The fourth-order valence-corrected chi connectivity index (χ4v) is 1.78. The fraction of sp³-hybridized carbons (Fsp3) is 0.400. The van der Waals surface area contributed by atoms with Crippen LogP contribution >= 0.6 is 19.6 Å². The summed E-state index contributed by atoms with van der Waals surface area (Å²) >= 11 is 5.73. The maximum atomic E-state index is 11.0. The van der Waals surface area contributed by atoms with Gasteiger partial charge in [-0.1, -0.05) is 23.7 Å². The molecule has 0 spiro atoms. The molecule has 82 valence electrons. The van der Waals surface area contributed by atoms with Crippen LogP contribution in [0.1, 0.15) is 5.56 Å². The standard InChI is InChI=1S/C10H13ClO3P/c11-10-3-1-9(2-4-10)5-7-14-15(13)8-6-12/h1-4,12H,5-8H2/q+1. The number of aliphatic hydroxyl groups is 1. The minimum Gasteiger partial charge on any atom is -0.392 e. The second-order valence-electron chi connectivity index (χ2n) is 2.99. The average Bonchev–Trinajstić information content (AvgIpc) is 2.21. The van der Waals surface area contributed by atoms with Crippen molar-refractivity contribution in [3.05, 3.63) is 34.9 Å². The third kappa shape index (κ3) is 5.24. The van der Waals surface area contributed by atoms with Crippen molar-refractivity contribution in [3.8, 4) is 0 Å². The summed E-state index contributed by atoms with van der Waals surface area (Å²) in [6.07, 6.45) is 0.902. The van der Waals surface area contributed by atoms with Crippen molar-refractivity contribution in [1.29, 1.82) is 0 Å². The van der Waals surface area contributed by atoms with Crippen molar-refractivity contribution in [2.24, 2.45) is 0 Å². The number of halogens is 1. The Morgan fingerprint density at radius 2 is 2.00 bits per heavy atom. The molecular weight excluding hydrogens is 235 g/mol. The first-order chi connectivity index (χ1) is 7.22. The van der Waals surface area contributed by atoms with Gasteiger partial charge in [0.1, 0.15) is 6.61 Å². The molecule has 1 atom stereocenters. The third-order valence-corrected chi connectivity index (χ3v) is 3.11. The largest absolute Gasteiger partial charge is 0.510 e. The molecule has 5 heteroatoms. The monoisotopic (exact) mass is 247 g/mol. The van der Waals surface area contributed by atoms with E-state index < -0.39 is 8.03 Å². The number of rotatable bonds is 6. The highest BCUT2D eigenvalue weighted by Crippen LogP contribution is 2.21. The Morgan fingerprint density at radius 3 is 2.60 bits per heavy atom. The van der Waals surface area contributed by atoms with Gasteiger partial charge in [0.05, 0.1) is 6.61 Å². The van der Waals surface area contributed by atoms with Gasteiger partial charge in [0, 0.05) is 11.4 Å². The van der Waals surface area contributed by atoms with Crippen LogP contribution in [0.15, 0.2) is 24.3 Å². The molecule has 1 aromatic rings. The molecule has 0 aromatic heterocycles. The van der Waals surface area contributed by atoms with Crippen LogP contribution in [0.25, 0.3) is 0 Å². The highest BCUT2D eigenvalue weighted by Gasteiger charge is 2.15. The maximum Gasteiger partial charge on any atom is 0.510 e. The topological polar surface area (TPSA) is 46.5 Å². The van der Waals surface area contributed by atoms with Crippen LogP contribution < -0.4 is 0 Å². The predicted octanol–water partition coefficient (Wildman–Crippen LogP) is 2.63. The molecule has 3 nitrogen and oxygen atoms in total. The Hall–Kier alpha value is -0.470. The molecule has 0 saturated carbocycles. The zero-order valence-electron chi connectivity index (χ0n) is 8.23. The zero-order valence-corrected chi connectivity index (χ0v) is 9.88. The van der Waals surface area contributed by atoms with Gasteiger partial charge in [0.15, 0.2) is 0 Å². The lowest BCUT2D eigenvalue weighted by atomic mass is 10.2. The van der Waals surface area contributed by atoms with E-state index in [0.29, 0.717) is 18.1 Å². The predicted molar refractivity (Wildman–Crippen MR) is 60.7 cm³/mol. The highest BCUT2D eigenvalue weighted by atomic mass is 35.5. The van der Waals surface area contributed by atoms with Gasteiger partial charge in [-0.05, 0) is 22.3 Å². The highest BCUT2D eigenvalue weighted by molar-refractivity contribution is 7.39. The Balaban J connectivity index is 2.26. The number of hydrogen-bond acceptors (Lipinski definition) is 3. The molecule has 1 rings (SSSR count). The molecule has 15 heavy (non-hydrogen) atoms. The lowest BCUT2D eigenvalue weighted by Crippen LogP contribution is -1.95. The molecule has 1 aromatic carbocycles. The molecule has 1 N–H and O–H groups in total. The first-order valence-corrected chi connectivity index (χ1v) is 6.39. The molecule has 0 aliphatic rings. The van der Waals surface area contributed by atoms with Gasteiger partial charge in [-0.2, -0.15) is 0 Å². The molecule has 0 aliphatic heterocycles. The summed E-state index contributed by atoms with van der Waals surface area (Å²) < 4.78 is 16.1. The van der Waals surface area contributed by atoms with Crippen molar-refractivity contribution in [2.75, 3.05) is 19.4 Å². The first-order valence-electron chi connectivity index (χ1n) is 4.65. The van der Waals surface area contributed by atoms with Crippen LogP contribution in [0, 0.1) is 0 Å². The van der Waals surface area contributed by atoms with Gasteiger partial charge in [-0.15, -0.1) is 4.52 Å². The van der Waals surface area contributed by atoms with E-state index in [2.05, 4.69) is 0 Å². The Kier molecular flexibility index (Phi) is 5.81. The minimum atomic E-state index is -1.71. The SMILES string of the molecule is O=[P+](CCO)OCCc1ccc(Cl)cc1. The second-order valence-corrected chi connectivity index (χ2v) is 4.80. The molecule has 0 bridgehead atoms. The van der Waals surface area contributed by atoms with E-state index in [4.69, 9.17) is 21.2 Å². The van der Waals surface area contributed by atoms with E-state index in [1.54, 1.807) is 0 Å². The van der Waals surface area contributed by atoms with E-state index in [1.807, 2.05) is 24.3 Å². The zero-order chi connectivity index (χ0) is 11.1. The Morgan fingerprint density at radius 1 is 1.33 bits per heavy atom. The van der Waals surface area contributed by atoms with Crippen LogP contribution in [0.4, 0.5) is 0 Å². The molecule has 0 amide bonds. The van der Waals surface area contributed by atoms with E-state index in [1.165, 1.54) is 0 Å². The minimum absolute atomic E-state index is 0.101. The Labute approximate surface area is 94.9 Å². The van der Waals surface area contributed by atoms with Gasteiger partial charge >= 0.3 is 8.03 Å². The summed E-state index contributed by atoms with van der Waals surface area (Å²) in [5, 5.41) is 9.21. The molecule has 0 aliphatic carbocycles. The van der Waals surface area contributed by atoms with Crippen LogP contribution in [0.5, 0.6) is 0 Å². The molecule has 0 saturated heterocycles. The molecule has 0 fully saturated rings. The van der Waals surface area contributed by atoms with Gasteiger partial charge in [-0.3, -0.25) is 0 Å². The van der Waals surface area contributed by atoms with Crippen molar-refractivity contribution in [2.45, 2.75) is 6.42 Å². The molecule has 1 unspecified atom stereocenters. The first kappa shape index (κ1) is 12.6. The van der Waals surface area contributed by atoms with Gasteiger partial charge in [0.25, 0.3) is 0 Å². The smallest absolute Gasteiger partial charge is 0.392 e. The van der Waals surface area contributed by atoms with Crippen molar-refractivity contribution < 1.29 is 14.2 Å². The van der Waals surface area contributed by atoms with E-state index in [9.17, 15) is 4.57 Å². The average molecular weight is 248 g/mol. The number of benzene rings is 1. The van der Waals surface area contributed by atoms with Crippen LogP contribution in [-0.4, -0.2) is 24.5 Å². The van der Waals surface area contributed by atoms with Gasteiger partial charge in [-0.25, -0.2) is 0 Å². The normalized spacial score (nSPS) is 11.5. The van der Waals surface area contributed by atoms with E-state index in [0.717, 1.165) is 5.56 Å². The van der Waals surface area contributed by atoms with Crippen LogP contribution in [-0.2, 0) is 15.5 Å². The summed E-state index contributed by atoms with van der Waals surface area (Å²) in [5.41, 5.74) is 1.09. The van der Waals surface area contributed by atoms with Crippen molar-refractivity contribution in [1.82, 2.24) is 0 Å². The second kappa shape index (κ2) is 6.91. The fourth-order valence-electron chi connectivity index (χ4n) is 1.06. The van der Waals surface area contributed by atoms with Gasteiger partial charge in [0.2, 0.25) is 6.16 Å². The summed E-state index contributed by atoms with van der Waals surface area (Å²) in [6.45, 7) is 0.299. The number of aliphatic hydroxyl groups excluding tert-OH is 1. The summed E-state index contributed by atoms with van der Waals surface area (Å²) in [7, 11) is -1.71. The van der Waals surface area contributed by atoms with Gasteiger partial charge < -0.3 is 5.11 Å². The lowest BCUT2D eigenvalue weighted by Gasteiger charge is -1.97. The van der Waals surface area contributed by atoms with E-state index >= 15 is 0 Å². The molecular formula is C10H13ClO3P+. The van der Waals surface area contributed by atoms with E-state index in [-0.39, 0.29) is 12.8 Å². The molecule has 0 radical (unpaired) electrons. The van der Waals surface area contributed by atoms with Crippen LogP contribution in [0.2, 0.25) is 5.02 Å². The summed E-state index contributed by atoms with van der Waals surface area (Å²) in [5.74, 6) is 0. The third-order valence-electron chi connectivity index (χ3n) is 1.82. The van der Waals surface area contributed by atoms with Crippen LogP contribution in [0.3, 0.4) is 0 Å². The quantitative estimate of drug-likeness (QED) is 0.786. The molecule has 0 heterocycles. The summed E-state index contributed by atoms with van der Waals surface area (Å²) in [6, 6.07) is 7.44. The summed E-state index contributed by atoms with van der Waals surface area (Å²) in [4.78, 5) is 0. The van der Waals surface area contributed by atoms with Crippen molar-refractivity contribution in [3.63, 3.8) is 0 Å².